The number of hydrogen-bond donors (Lipinski definition) is 1. The van der Waals surface area contributed by atoms with Crippen molar-refractivity contribution in [2.75, 3.05) is 0 Å². The molecule has 0 fully saturated rings. The fraction of sp³-hybridized carbons (Fsp3) is 0.0500. The van der Waals surface area contributed by atoms with Crippen LogP contribution in [0.2, 0.25) is 0 Å². The number of carbonyl (C=O) groups excluding carboxylic acids is 1. The highest BCUT2D eigenvalue weighted by atomic mass is 79.9. The van der Waals surface area contributed by atoms with Gasteiger partial charge in [0.15, 0.2) is 0 Å². The molecule has 0 aliphatic heterocycles. The number of ketones is 1. The smallest absolute Gasteiger partial charge is 0.261 e. The number of aromatic nitrogens is 2. The van der Waals surface area contributed by atoms with Gasteiger partial charge in [-0.15, -0.1) is 10.2 Å². The molecule has 5 rings (SSSR count). The molecule has 1 aliphatic carbocycles. The molecule has 1 aromatic heterocycles. The molecule has 26 heavy (non-hydrogen) atoms. The number of benzene rings is 3. The fourth-order valence-electron chi connectivity index (χ4n) is 3.44. The van der Waals surface area contributed by atoms with Crippen LogP contribution < -0.4 is 0 Å². The number of rotatable bonds is 2. The van der Waals surface area contributed by atoms with E-state index in [0.717, 1.165) is 15.2 Å². The first-order valence-corrected chi connectivity index (χ1v) is 8.77. The molecule has 1 aliphatic rings. The summed E-state index contributed by atoms with van der Waals surface area (Å²) in [5, 5.41) is 20.9. The van der Waals surface area contributed by atoms with Crippen LogP contribution in [0.5, 0.6) is 0 Å². The normalized spacial score (nSPS) is 18.6. The summed E-state index contributed by atoms with van der Waals surface area (Å²) < 4.78 is 6.64. The Bertz CT molecular complexity index is 1180. The van der Waals surface area contributed by atoms with Gasteiger partial charge in [-0.3, -0.25) is 4.79 Å². The van der Waals surface area contributed by atoms with E-state index in [4.69, 9.17) is 4.42 Å². The highest BCUT2D eigenvalue weighted by Gasteiger charge is 2.51. The van der Waals surface area contributed by atoms with Crippen LogP contribution in [0.15, 0.2) is 69.6 Å². The number of halogens is 1. The van der Waals surface area contributed by atoms with Gasteiger partial charge in [0.05, 0.1) is 0 Å². The predicted octanol–water partition coefficient (Wildman–Crippen LogP) is 4.08. The average Bonchev–Trinajstić information content (AvgIpc) is 3.24. The molecule has 0 saturated heterocycles. The van der Waals surface area contributed by atoms with Gasteiger partial charge in [0.1, 0.15) is 0 Å². The SMILES string of the molecule is O=C1c2cccc3cccc(c23)C1(O)c1nnc(-c2ccc(Br)cc2)o1. The lowest BCUT2D eigenvalue weighted by molar-refractivity contribution is 0.0405. The molecule has 1 unspecified atom stereocenters. The summed E-state index contributed by atoms with van der Waals surface area (Å²) in [4.78, 5) is 13.0. The monoisotopic (exact) mass is 406 g/mol. The van der Waals surface area contributed by atoms with E-state index in [2.05, 4.69) is 26.1 Å². The highest BCUT2D eigenvalue weighted by Crippen LogP contribution is 2.44. The lowest BCUT2D eigenvalue weighted by atomic mass is 9.94. The average molecular weight is 407 g/mol. The Kier molecular flexibility index (Phi) is 3.16. The maximum atomic E-state index is 13.0. The van der Waals surface area contributed by atoms with E-state index in [1.54, 1.807) is 24.3 Å². The molecule has 5 nitrogen and oxygen atoms in total. The number of hydrogen-bond acceptors (Lipinski definition) is 5. The summed E-state index contributed by atoms with van der Waals surface area (Å²) in [6.45, 7) is 0. The van der Waals surface area contributed by atoms with E-state index in [1.165, 1.54) is 0 Å². The van der Waals surface area contributed by atoms with Crippen LogP contribution in [0.3, 0.4) is 0 Å². The van der Waals surface area contributed by atoms with Gasteiger partial charge in [-0.2, -0.15) is 0 Å². The molecule has 1 atom stereocenters. The van der Waals surface area contributed by atoms with Crippen molar-refractivity contribution in [1.82, 2.24) is 10.2 Å². The predicted molar refractivity (Wildman–Crippen MR) is 98.7 cm³/mol. The molecular weight excluding hydrogens is 396 g/mol. The van der Waals surface area contributed by atoms with Crippen LogP contribution in [0.25, 0.3) is 22.2 Å². The Morgan fingerprint density at radius 3 is 2.46 bits per heavy atom. The van der Waals surface area contributed by atoms with Crippen molar-refractivity contribution in [3.63, 3.8) is 0 Å². The molecule has 0 spiro atoms. The number of aliphatic hydroxyl groups is 1. The second-order valence-corrected chi connectivity index (χ2v) is 7.08. The summed E-state index contributed by atoms with van der Waals surface area (Å²) >= 11 is 3.38. The van der Waals surface area contributed by atoms with Crippen LogP contribution in [0, 0.1) is 0 Å². The summed E-state index contributed by atoms with van der Waals surface area (Å²) in [6.07, 6.45) is 0. The van der Waals surface area contributed by atoms with E-state index >= 15 is 0 Å². The van der Waals surface area contributed by atoms with Crippen LogP contribution in [-0.2, 0) is 5.60 Å². The first kappa shape index (κ1) is 15.4. The molecule has 0 amide bonds. The third-order valence-corrected chi connectivity index (χ3v) is 5.22. The zero-order valence-corrected chi connectivity index (χ0v) is 14.9. The van der Waals surface area contributed by atoms with Crippen molar-refractivity contribution in [1.29, 1.82) is 0 Å². The van der Waals surface area contributed by atoms with E-state index in [9.17, 15) is 9.90 Å². The van der Waals surface area contributed by atoms with E-state index in [-0.39, 0.29) is 11.8 Å². The van der Waals surface area contributed by atoms with Crippen LogP contribution >= 0.6 is 15.9 Å². The Morgan fingerprint density at radius 2 is 1.69 bits per heavy atom. The molecule has 0 radical (unpaired) electrons. The summed E-state index contributed by atoms with van der Waals surface area (Å²) in [7, 11) is 0. The molecule has 1 N–H and O–H groups in total. The van der Waals surface area contributed by atoms with Crippen molar-refractivity contribution in [3.8, 4) is 11.5 Å². The Morgan fingerprint density at radius 1 is 0.962 bits per heavy atom. The largest absolute Gasteiger partial charge is 0.417 e. The summed E-state index contributed by atoms with van der Waals surface area (Å²) in [5.41, 5.74) is -0.327. The second kappa shape index (κ2) is 5.33. The van der Waals surface area contributed by atoms with E-state index in [0.29, 0.717) is 16.7 Å². The Labute approximate surface area is 156 Å². The topological polar surface area (TPSA) is 76.2 Å². The van der Waals surface area contributed by atoms with Crippen LogP contribution in [0.4, 0.5) is 0 Å². The zero-order chi connectivity index (χ0) is 17.9. The first-order chi connectivity index (χ1) is 12.6. The lowest BCUT2D eigenvalue weighted by Crippen LogP contribution is -2.33. The fourth-order valence-corrected chi connectivity index (χ4v) is 3.70. The number of carbonyl (C=O) groups is 1. The van der Waals surface area contributed by atoms with Gasteiger partial charge >= 0.3 is 0 Å². The van der Waals surface area contributed by atoms with Crippen LogP contribution in [-0.4, -0.2) is 21.1 Å². The highest BCUT2D eigenvalue weighted by molar-refractivity contribution is 9.10. The number of nitrogens with zero attached hydrogens (tertiary/aromatic N) is 2. The molecule has 1 heterocycles. The Balaban J connectivity index is 1.69. The maximum Gasteiger partial charge on any atom is 0.261 e. The van der Waals surface area contributed by atoms with E-state index in [1.807, 2.05) is 36.4 Å². The van der Waals surface area contributed by atoms with E-state index < -0.39 is 11.4 Å². The lowest BCUT2D eigenvalue weighted by Gasteiger charge is -2.17. The molecule has 6 heteroatoms. The maximum absolute atomic E-state index is 13.0. The van der Waals surface area contributed by atoms with Gasteiger partial charge in [0, 0.05) is 21.2 Å². The standard InChI is InChI=1S/C20H11BrN2O3/c21-13-9-7-12(8-10-13)18-22-23-19(26-18)20(25)15-6-2-4-11-3-1-5-14(16(11)15)17(20)24/h1-10,25H. The van der Waals surface area contributed by atoms with Gasteiger partial charge in [-0.1, -0.05) is 52.3 Å². The summed E-state index contributed by atoms with van der Waals surface area (Å²) in [6, 6.07) is 18.2. The van der Waals surface area contributed by atoms with Crippen molar-refractivity contribution in [2.45, 2.75) is 5.60 Å². The molecular formula is C20H11BrN2O3. The quantitative estimate of drug-likeness (QED) is 0.542. The van der Waals surface area contributed by atoms with Crippen molar-refractivity contribution < 1.29 is 14.3 Å². The van der Waals surface area contributed by atoms with Gasteiger partial charge < -0.3 is 9.52 Å². The molecule has 4 aromatic rings. The third kappa shape index (κ3) is 1.97. The third-order valence-electron chi connectivity index (χ3n) is 4.69. The zero-order valence-electron chi connectivity index (χ0n) is 13.3. The van der Waals surface area contributed by atoms with Gasteiger partial charge in [-0.05, 0) is 35.0 Å². The van der Waals surface area contributed by atoms with Gasteiger partial charge in [0.2, 0.25) is 17.3 Å². The van der Waals surface area contributed by atoms with Crippen molar-refractivity contribution in [2.24, 2.45) is 0 Å². The minimum Gasteiger partial charge on any atom is -0.417 e. The minimum absolute atomic E-state index is 0.121. The first-order valence-electron chi connectivity index (χ1n) is 7.98. The number of Topliss-reactive ketones (excluding diaryl/α,β-unsaturated/α-hetero) is 1. The van der Waals surface area contributed by atoms with Crippen LogP contribution in [0.1, 0.15) is 21.8 Å². The summed E-state index contributed by atoms with van der Waals surface area (Å²) in [5.74, 6) is -0.323. The Hall–Kier alpha value is -2.83. The van der Waals surface area contributed by atoms with Crippen molar-refractivity contribution in [3.05, 3.63) is 82.2 Å². The molecule has 126 valence electrons. The van der Waals surface area contributed by atoms with Gasteiger partial charge in [0.25, 0.3) is 5.89 Å². The second-order valence-electron chi connectivity index (χ2n) is 6.17. The molecule has 0 saturated carbocycles. The molecule has 3 aromatic carbocycles. The minimum atomic E-state index is -1.97. The molecule has 0 bridgehead atoms. The van der Waals surface area contributed by atoms with Crippen molar-refractivity contribution >= 4 is 32.5 Å². The van der Waals surface area contributed by atoms with Gasteiger partial charge in [-0.25, -0.2) is 0 Å².